The smallest absolute Gasteiger partial charge is 0.348 e. The number of carbonyl (C=O) groups excluding carboxylic acids is 1. The lowest BCUT2D eigenvalue weighted by molar-refractivity contribution is -0.135. The number of methoxy groups -OCH3 is 1. The average Bonchev–Trinajstić information content (AvgIpc) is 2.42. The molecule has 108 valence electrons. The quantitative estimate of drug-likeness (QED) is 0.450. The van der Waals surface area contributed by atoms with Crippen molar-refractivity contribution in [2.24, 2.45) is 35.5 Å². The first-order valence-electron chi connectivity index (χ1n) is 7.82. The summed E-state index contributed by atoms with van der Waals surface area (Å²) >= 11 is 0. The van der Waals surface area contributed by atoms with Crippen LogP contribution in [-0.2, 0) is 9.53 Å². The molecule has 1 atom stereocenters. The maximum absolute atomic E-state index is 11.6. The second kappa shape index (κ2) is 5.24. The Morgan fingerprint density at radius 3 is 2.20 bits per heavy atom. The number of carbonyl (C=O) groups is 1. The van der Waals surface area contributed by atoms with E-state index in [4.69, 9.17) is 5.26 Å². The molecule has 4 fully saturated rings. The van der Waals surface area contributed by atoms with Crippen LogP contribution in [0.5, 0.6) is 0 Å². The summed E-state index contributed by atoms with van der Waals surface area (Å²) in [5.74, 6) is 4.02. The summed E-state index contributed by atoms with van der Waals surface area (Å²) < 4.78 is 4.68. The lowest BCUT2D eigenvalue weighted by Crippen LogP contribution is -2.47. The van der Waals surface area contributed by atoms with Crippen molar-refractivity contribution >= 4 is 5.97 Å². The van der Waals surface area contributed by atoms with E-state index < -0.39 is 5.97 Å². The third-order valence-corrected chi connectivity index (χ3v) is 5.86. The van der Waals surface area contributed by atoms with Crippen LogP contribution in [0.2, 0.25) is 0 Å². The molecule has 0 radical (unpaired) electrons. The Morgan fingerprint density at radius 1 is 1.20 bits per heavy atom. The average molecular weight is 273 g/mol. The van der Waals surface area contributed by atoms with Crippen LogP contribution in [0.1, 0.15) is 39.0 Å². The van der Waals surface area contributed by atoms with Gasteiger partial charge in [0.2, 0.25) is 0 Å². The van der Waals surface area contributed by atoms with E-state index in [1.54, 1.807) is 0 Å². The molecule has 0 spiro atoms. The number of esters is 1. The van der Waals surface area contributed by atoms with Crippen LogP contribution < -0.4 is 0 Å². The van der Waals surface area contributed by atoms with Gasteiger partial charge in [-0.05, 0) is 67.6 Å². The van der Waals surface area contributed by atoms with E-state index in [-0.39, 0.29) is 5.57 Å². The normalized spacial score (nSPS) is 40.2. The molecule has 0 aliphatic heterocycles. The van der Waals surface area contributed by atoms with Crippen LogP contribution in [0.4, 0.5) is 0 Å². The molecule has 0 N–H and O–H groups in total. The van der Waals surface area contributed by atoms with Gasteiger partial charge in [-0.1, -0.05) is 13.0 Å². The van der Waals surface area contributed by atoms with E-state index in [2.05, 4.69) is 11.7 Å². The third-order valence-electron chi connectivity index (χ3n) is 5.86. The van der Waals surface area contributed by atoms with Crippen molar-refractivity contribution in [1.29, 1.82) is 5.26 Å². The molecule has 3 nitrogen and oxygen atoms in total. The van der Waals surface area contributed by atoms with Crippen LogP contribution in [-0.4, -0.2) is 13.1 Å². The zero-order valence-electron chi connectivity index (χ0n) is 12.3. The summed E-state index contributed by atoms with van der Waals surface area (Å²) in [7, 11) is 1.33. The van der Waals surface area contributed by atoms with Gasteiger partial charge in [0.25, 0.3) is 0 Å². The molecule has 4 aliphatic carbocycles. The molecule has 0 aromatic carbocycles. The predicted molar refractivity (Wildman–Crippen MR) is 75.4 cm³/mol. The summed E-state index contributed by atoms with van der Waals surface area (Å²) in [5.41, 5.74) is 0.175. The fourth-order valence-electron chi connectivity index (χ4n) is 5.46. The molecule has 1 unspecified atom stereocenters. The van der Waals surface area contributed by atoms with Crippen molar-refractivity contribution in [1.82, 2.24) is 0 Å². The highest BCUT2D eigenvalue weighted by Gasteiger charge is 2.49. The molecule has 4 bridgehead atoms. The maximum Gasteiger partial charge on any atom is 0.348 e. The first-order chi connectivity index (χ1) is 9.62. The van der Waals surface area contributed by atoms with Crippen molar-refractivity contribution in [2.75, 3.05) is 7.11 Å². The minimum atomic E-state index is -0.497. The van der Waals surface area contributed by atoms with E-state index in [1.807, 2.05) is 12.1 Å². The predicted octanol–water partition coefficient (Wildman–Crippen LogP) is 3.32. The summed E-state index contributed by atoms with van der Waals surface area (Å²) in [4.78, 5) is 11.6. The molecule has 3 heteroatoms. The highest BCUT2D eigenvalue weighted by molar-refractivity contribution is 5.92. The lowest BCUT2D eigenvalue weighted by atomic mass is 9.50. The molecule has 0 heterocycles. The summed E-state index contributed by atoms with van der Waals surface area (Å²) in [5, 5.41) is 9.11. The number of allylic oxidation sites excluding steroid dienone is 1. The second-order valence-corrected chi connectivity index (χ2v) is 7.05. The molecule has 4 saturated carbocycles. The summed E-state index contributed by atoms with van der Waals surface area (Å²) in [6, 6.07) is 1.99. The summed E-state index contributed by atoms with van der Waals surface area (Å²) in [6.07, 6.45) is 8.80. The molecular weight excluding hydrogens is 250 g/mol. The Kier molecular flexibility index (Phi) is 3.58. The molecule has 0 aromatic heterocycles. The number of rotatable bonds is 3. The minimum absolute atomic E-state index is 0.175. The van der Waals surface area contributed by atoms with Crippen LogP contribution in [0.3, 0.4) is 0 Å². The Bertz CT molecular complexity index is 446. The van der Waals surface area contributed by atoms with Gasteiger partial charge in [0.1, 0.15) is 11.6 Å². The fourth-order valence-corrected chi connectivity index (χ4v) is 5.46. The molecular formula is C17H23NO2. The van der Waals surface area contributed by atoms with Crippen LogP contribution >= 0.6 is 0 Å². The van der Waals surface area contributed by atoms with Crippen LogP contribution in [0.25, 0.3) is 0 Å². The number of ether oxygens (including phenoxy) is 1. The Hall–Kier alpha value is -1.30. The number of nitrogens with zero attached hydrogens (tertiary/aromatic N) is 1. The highest BCUT2D eigenvalue weighted by atomic mass is 16.5. The Balaban J connectivity index is 1.77. The number of hydrogen-bond acceptors (Lipinski definition) is 3. The van der Waals surface area contributed by atoms with Gasteiger partial charge in [-0.25, -0.2) is 4.79 Å². The van der Waals surface area contributed by atoms with Gasteiger partial charge in [0.05, 0.1) is 7.11 Å². The van der Waals surface area contributed by atoms with Crippen molar-refractivity contribution in [3.05, 3.63) is 11.6 Å². The largest absolute Gasteiger partial charge is 0.465 e. The number of hydrogen-bond donors (Lipinski definition) is 0. The van der Waals surface area contributed by atoms with Gasteiger partial charge in [-0.2, -0.15) is 5.26 Å². The SMILES string of the molecule is COC(=O)/C(C#N)=C/C(C)C1C2CC3CC(C2)CC1C3. The topological polar surface area (TPSA) is 50.1 Å². The highest BCUT2D eigenvalue weighted by Crippen LogP contribution is 2.58. The van der Waals surface area contributed by atoms with E-state index in [0.717, 1.165) is 23.7 Å². The Labute approximate surface area is 121 Å². The minimum Gasteiger partial charge on any atom is -0.465 e. The zero-order valence-corrected chi connectivity index (χ0v) is 12.3. The van der Waals surface area contributed by atoms with Crippen LogP contribution in [0.15, 0.2) is 11.6 Å². The first kappa shape index (κ1) is 13.7. The molecule has 20 heavy (non-hydrogen) atoms. The van der Waals surface area contributed by atoms with Crippen molar-refractivity contribution in [3.63, 3.8) is 0 Å². The second-order valence-electron chi connectivity index (χ2n) is 7.05. The van der Waals surface area contributed by atoms with Crippen molar-refractivity contribution in [2.45, 2.75) is 39.0 Å². The van der Waals surface area contributed by atoms with E-state index in [1.165, 1.54) is 39.2 Å². The molecule has 4 aliphatic rings. The van der Waals surface area contributed by atoms with Gasteiger partial charge < -0.3 is 4.74 Å². The standard InChI is InChI=1S/C17H23NO2/c1-10(3-15(9-18)17(19)20-2)16-13-5-11-4-12(7-13)8-14(16)6-11/h3,10-14,16H,4-8H2,1-2H3/b15-3+. The Morgan fingerprint density at radius 2 is 1.75 bits per heavy atom. The maximum atomic E-state index is 11.6. The van der Waals surface area contributed by atoms with Gasteiger partial charge in [-0.3, -0.25) is 0 Å². The van der Waals surface area contributed by atoms with Crippen LogP contribution in [0, 0.1) is 46.8 Å². The van der Waals surface area contributed by atoms with Crippen molar-refractivity contribution in [3.8, 4) is 6.07 Å². The van der Waals surface area contributed by atoms with Gasteiger partial charge >= 0.3 is 5.97 Å². The van der Waals surface area contributed by atoms with E-state index in [0.29, 0.717) is 11.8 Å². The zero-order chi connectivity index (χ0) is 14.3. The monoisotopic (exact) mass is 273 g/mol. The molecule has 0 amide bonds. The number of nitriles is 1. The van der Waals surface area contributed by atoms with Gasteiger partial charge in [0.15, 0.2) is 0 Å². The molecule has 0 saturated heterocycles. The molecule has 0 aromatic rings. The third kappa shape index (κ3) is 2.26. The van der Waals surface area contributed by atoms with Crippen molar-refractivity contribution < 1.29 is 9.53 Å². The van der Waals surface area contributed by atoms with E-state index in [9.17, 15) is 4.79 Å². The lowest BCUT2D eigenvalue weighted by Gasteiger charge is -2.56. The fraction of sp³-hybridized carbons (Fsp3) is 0.765. The van der Waals surface area contributed by atoms with Gasteiger partial charge in [0, 0.05) is 0 Å². The first-order valence-corrected chi connectivity index (χ1v) is 7.82. The molecule has 4 rings (SSSR count). The van der Waals surface area contributed by atoms with E-state index >= 15 is 0 Å². The van der Waals surface area contributed by atoms with Gasteiger partial charge in [-0.15, -0.1) is 0 Å². The summed E-state index contributed by atoms with van der Waals surface area (Å²) in [6.45, 7) is 2.17.